The van der Waals surface area contributed by atoms with Gasteiger partial charge in [-0.1, -0.05) is 26.2 Å². The third kappa shape index (κ3) is 8.33. The maximum absolute atomic E-state index is 10.9. The van der Waals surface area contributed by atoms with Crippen LogP contribution in [0.25, 0.3) is 18.7 Å². The molecule has 5 heterocycles. The van der Waals surface area contributed by atoms with Gasteiger partial charge >= 0.3 is 254 Å². The predicted octanol–water partition coefficient (Wildman–Crippen LogP) is 12.5. The molecular formula is C32H36Br2OS4Se. The summed E-state index contributed by atoms with van der Waals surface area (Å²) < 4.78 is 7.88. The van der Waals surface area contributed by atoms with E-state index in [2.05, 4.69) is 69.1 Å². The molecule has 0 aliphatic heterocycles. The molecule has 0 amide bonds. The van der Waals surface area contributed by atoms with Crippen molar-refractivity contribution in [2.24, 2.45) is 0 Å². The first kappa shape index (κ1) is 31.4. The van der Waals surface area contributed by atoms with Crippen molar-refractivity contribution >= 4 is 101 Å². The van der Waals surface area contributed by atoms with E-state index in [0.717, 1.165) is 20.6 Å². The van der Waals surface area contributed by atoms with Gasteiger partial charge in [0.05, 0.1) is 0 Å². The van der Waals surface area contributed by atoms with Gasteiger partial charge in [-0.3, -0.25) is 0 Å². The van der Waals surface area contributed by atoms with Gasteiger partial charge < -0.3 is 0 Å². The molecule has 8 heteroatoms. The van der Waals surface area contributed by atoms with Crippen molar-refractivity contribution in [3.63, 3.8) is 0 Å². The minimum atomic E-state index is -0.551. The quantitative estimate of drug-likeness (QED) is 0.0778. The fourth-order valence-corrected chi connectivity index (χ4v) is 14.0. The van der Waals surface area contributed by atoms with Gasteiger partial charge in [-0.2, -0.15) is 0 Å². The Kier molecular flexibility index (Phi) is 12.3. The van der Waals surface area contributed by atoms with Crippen LogP contribution in [0.15, 0.2) is 50.7 Å². The predicted molar refractivity (Wildman–Crippen MR) is 189 cm³/mol. The van der Waals surface area contributed by atoms with Crippen LogP contribution in [0.3, 0.4) is 0 Å². The molecule has 0 fully saturated rings. The topological polar surface area (TPSA) is 20.2 Å². The summed E-state index contributed by atoms with van der Waals surface area (Å²) in [5, 5.41) is 12.9. The van der Waals surface area contributed by atoms with Gasteiger partial charge in [0.25, 0.3) is 0 Å². The van der Waals surface area contributed by atoms with Crippen molar-refractivity contribution in [1.29, 1.82) is 0 Å². The van der Waals surface area contributed by atoms with Crippen molar-refractivity contribution in [2.75, 3.05) is 0 Å². The zero-order chi connectivity index (χ0) is 27.9. The molecule has 0 aromatic carbocycles. The second-order valence-electron chi connectivity index (χ2n) is 10.4. The summed E-state index contributed by atoms with van der Waals surface area (Å²) in [4.78, 5) is 6.42. The summed E-state index contributed by atoms with van der Waals surface area (Å²) in [6.07, 6.45) is 15.7. The maximum atomic E-state index is 10.9. The number of fused-ring (bicyclic) bond motifs is 1. The normalized spacial score (nSPS) is 12.6. The van der Waals surface area contributed by atoms with Gasteiger partial charge in [-0.15, -0.1) is 0 Å². The molecule has 0 saturated heterocycles. The number of aryl methyl sites for hydroxylation is 1. The molecular weight excluding hydrogens is 767 g/mol. The van der Waals surface area contributed by atoms with Gasteiger partial charge in [0.15, 0.2) is 0 Å². The van der Waals surface area contributed by atoms with Crippen LogP contribution < -0.4 is 0 Å². The molecule has 5 aromatic heterocycles. The molecule has 0 radical (unpaired) electrons. The Morgan fingerprint density at radius 2 is 1.50 bits per heavy atom. The molecule has 0 aliphatic carbocycles. The summed E-state index contributed by atoms with van der Waals surface area (Å²) in [6.45, 7) is 2.29. The van der Waals surface area contributed by atoms with Gasteiger partial charge in [0.1, 0.15) is 0 Å². The van der Waals surface area contributed by atoms with Crippen LogP contribution >= 0.6 is 77.2 Å². The van der Waals surface area contributed by atoms with E-state index in [1.165, 1.54) is 103 Å². The molecule has 1 atom stereocenters. The van der Waals surface area contributed by atoms with Crippen LogP contribution in [-0.4, -0.2) is 19.6 Å². The van der Waals surface area contributed by atoms with E-state index in [0.29, 0.717) is 14.5 Å². The average molecular weight is 804 g/mol. The number of aliphatic hydroxyl groups is 1. The standard InChI is InChI=1S/C32H36Br2OS4Se/c1-2-3-4-5-6-7-8-9-10-11-12-21-13-14-25(37-21)30-19-24(34)29(40-30)18-22-17-26-27(38-22)20-28(39-26)31(35)32-23(33)15-16-36-32/h13-17,19-20,31,35H,2-12,18H2,1H3. The molecule has 214 valence electrons. The molecule has 0 spiro atoms. The molecule has 5 aromatic rings. The Morgan fingerprint density at radius 3 is 2.20 bits per heavy atom. The van der Waals surface area contributed by atoms with Crippen LogP contribution in [-0.2, 0) is 12.8 Å². The molecule has 1 nitrogen and oxygen atoms in total. The first-order chi connectivity index (χ1) is 19.5. The first-order valence-electron chi connectivity index (χ1n) is 14.3. The number of thiophene rings is 4. The fraction of sp³-hybridized carbons (Fsp3) is 0.438. The van der Waals surface area contributed by atoms with Crippen LogP contribution in [0.4, 0.5) is 0 Å². The number of hydrogen-bond donors (Lipinski definition) is 1. The number of rotatable bonds is 16. The van der Waals surface area contributed by atoms with E-state index < -0.39 is 6.10 Å². The van der Waals surface area contributed by atoms with Crippen LogP contribution in [0, 0.1) is 0 Å². The summed E-state index contributed by atoms with van der Waals surface area (Å²) in [5.41, 5.74) is 0. The van der Waals surface area contributed by atoms with Crippen LogP contribution in [0.2, 0.25) is 0 Å². The third-order valence-corrected chi connectivity index (χ3v) is 16.7. The number of unbranched alkanes of at least 4 members (excludes halogenated alkanes) is 9. The fourth-order valence-electron chi connectivity index (χ4n) is 4.99. The van der Waals surface area contributed by atoms with Gasteiger partial charge in [0.2, 0.25) is 0 Å². The number of hydrogen-bond acceptors (Lipinski definition) is 5. The van der Waals surface area contributed by atoms with E-state index in [1.807, 2.05) is 34.1 Å². The molecule has 1 unspecified atom stereocenters. The molecule has 0 saturated carbocycles. The van der Waals surface area contributed by atoms with Crippen molar-refractivity contribution in [1.82, 2.24) is 0 Å². The Balaban J connectivity index is 1.11. The molecule has 0 bridgehead atoms. The number of aliphatic hydroxyl groups excluding tert-OH is 1. The van der Waals surface area contributed by atoms with Crippen LogP contribution in [0.5, 0.6) is 0 Å². The second kappa shape index (κ2) is 15.6. The molecule has 1 N–H and O–H groups in total. The molecule has 40 heavy (non-hydrogen) atoms. The monoisotopic (exact) mass is 802 g/mol. The Labute approximate surface area is 277 Å². The van der Waals surface area contributed by atoms with Crippen molar-refractivity contribution in [3.05, 3.63) is 74.7 Å². The number of halogens is 2. The van der Waals surface area contributed by atoms with E-state index in [-0.39, 0.29) is 0 Å². The van der Waals surface area contributed by atoms with Crippen LogP contribution in [0.1, 0.15) is 101 Å². The van der Waals surface area contributed by atoms with Gasteiger partial charge in [-0.05, 0) is 0 Å². The van der Waals surface area contributed by atoms with Crippen molar-refractivity contribution in [3.8, 4) is 9.31 Å². The van der Waals surface area contributed by atoms with Gasteiger partial charge in [-0.25, -0.2) is 0 Å². The van der Waals surface area contributed by atoms with E-state index >= 15 is 0 Å². The Morgan fingerprint density at radius 1 is 0.775 bits per heavy atom. The van der Waals surface area contributed by atoms with E-state index in [1.54, 1.807) is 27.6 Å². The summed E-state index contributed by atoms with van der Waals surface area (Å²) in [6, 6.07) is 13.6. The zero-order valence-electron chi connectivity index (χ0n) is 22.8. The van der Waals surface area contributed by atoms with E-state index in [9.17, 15) is 5.11 Å². The third-order valence-electron chi connectivity index (χ3n) is 7.21. The summed E-state index contributed by atoms with van der Waals surface area (Å²) >= 11 is 15.0. The second-order valence-corrected chi connectivity index (χ2v) is 18.9. The zero-order valence-corrected chi connectivity index (χ0v) is 31.0. The van der Waals surface area contributed by atoms with Gasteiger partial charge in [0, 0.05) is 0 Å². The molecule has 0 aliphatic rings. The molecule has 5 rings (SSSR count). The van der Waals surface area contributed by atoms with Crippen molar-refractivity contribution in [2.45, 2.75) is 90.1 Å². The Bertz CT molecular complexity index is 1460. The van der Waals surface area contributed by atoms with E-state index in [4.69, 9.17) is 0 Å². The Hall–Kier alpha value is -0.0205. The minimum absolute atomic E-state index is 0.363. The summed E-state index contributed by atoms with van der Waals surface area (Å²) in [7, 11) is 0. The first-order valence-corrected chi connectivity index (χ1v) is 20.9. The SMILES string of the molecule is CCCCCCCCCCCCc1ccc(-c2cc(Br)c(Cc3cc4sc(C(O)c5sccc5Br)cc4s3)[se]2)s1. The summed E-state index contributed by atoms with van der Waals surface area (Å²) in [5.74, 6) is 0. The van der Waals surface area contributed by atoms with Crippen molar-refractivity contribution < 1.29 is 5.11 Å². The average Bonchev–Trinajstić information content (AvgIpc) is 3.75.